The maximum atomic E-state index is 4.19. The van der Waals surface area contributed by atoms with Gasteiger partial charge in [0.2, 0.25) is 5.95 Å². The van der Waals surface area contributed by atoms with Gasteiger partial charge in [-0.15, -0.1) is 0 Å². The molecular formula is C16H12BrN3. The third-order valence-corrected chi connectivity index (χ3v) is 3.28. The van der Waals surface area contributed by atoms with E-state index in [0.29, 0.717) is 5.95 Å². The van der Waals surface area contributed by atoms with Crippen molar-refractivity contribution in [2.45, 2.75) is 0 Å². The molecule has 20 heavy (non-hydrogen) atoms. The van der Waals surface area contributed by atoms with Gasteiger partial charge in [0.1, 0.15) is 0 Å². The van der Waals surface area contributed by atoms with Crippen LogP contribution in [0.25, 0.3) is 11.1 Å². The maximum Gasteiger partial charge on any atom is 0.227 e. The van der Waals surface area contributed by atoms with Gasteiger partial charge in [0, 0.05) is 18.1 Å². The van der Waals surface area contributed by atoms with E-state index in [1.165, 1.54) is 11.1 Å². The van der Waals surface area contributed by atoms with E-state index in [2.05, 4.69) is 55.5 Å². The number of hydrogen-bond acceptors (Lipinski definition) is 3. The fourth-order valence-electron chi connectivity index (χ4n) is 1.88. The van der Waals surface area contributed by atoms with Gasteiger partial charge in [0.25, 0.3) is 0 Å². The number of rotatable bonds is 3. The van der Waals surface area contributed by atoms with E-state index in [1.807, 2.05) is 30.3 Å². The normalized spacial score (nSPS) is 10.2. The molecule has 98 valence electrons. The van der Waals surface area contributed by atoms with Crippen LogP contribution in [-0.2, 0) is 0 Å². The molecule has 0 bridgehead atoms. The van der Waals surface area contributed by atoms with E-state index in [9.17, 15) is 0 Å². The second kappa shape index (κ2) is 5.84. The minimum absolute atomic E-state index is 0.584. The molecule has 0 amide bonds. The summed E-state index contributed by atoms with van der Waals surface area (Å²) in [5.74, 6) is 0.584. The lowest BCUT2D eigenvalue weighted by Gasteiger charge is -2.06. The molecule has 0 radical (unpaired) electrons. The van der Waals surface area contributed by atoms with Crippen LogP contribution in [0.5, 0.6) is 0 Å². The summed E-state index contributed by atoms with van der Waals surface area (Å²) in [4.78, 5) is 8.37. The first-order chi connectivity index (χ1) is 9.81. The van der Waals surface area contributed by atoms with Gasteiger partial charge >= 0.3 is 0 Å². The van der Waals surface area contributed by atoms with Crippen LogP contribution in [0.15, 0.2) is 71.5 Å². The molecular weight excluding hydrogens is 314 g/mol. The summed E-state index contributed by atoms with van der Waals surface area (Å²) in [7, 11) is 0. The fraction of sp³-hybridized carbons (Fsp3) is 0. The molecule has 1 aromatic heterocycles. The first-order valence-corrected chi connectivity index (χ1v) is 7.00. The zero-order chi connectivity index (χ0) is 13.8. The molecule has 0 saturated carbocycles. The Kier molecular flexibility index (Phi) is 3.74. The van der Waals surface area contributed by atoms with Crippen LogP contribution in [0.3, 0.4) is 0 Å². The molecule has 0 aliphatic rings. The lowest BCUT2D eigenvalue weighted by atomic mass is 10.1. The highest BCUT2D eigenvalue weighted by molar-refractivity contribution is 9.10. The molecule has 0 spiro atoms. The van der Waals surface area contributed by atoms with Crippen molar-refractivity contribution >= 4 is 27.6 Å². The van der Waals surface area contributed by atoms with Crippen LogP contribution in [-0.4, -0.2) is 9.97 Å². The standard InChI is InChI=1S/C16H12BrN3/c17-14-10-18-16(19-11-14)20-15-8-6-13(7-9-15)12-4-2-1-3-5-12/h1-11H,(H,18,19,20). The molecule has 1 heterocycles. The highest BCUT2D eigenvalue weighted by atomic mass is 79.9. The van der Waals surface area contributed by atoms with Gasteiger partial charge in [0.05, 0.1) is 4.47 Å². The summed E-state index contributed by atoms with van der Waals surface area (Å²) in [6.07, 6.45) is 3.43. The monoisotopic (exact) mass is 325 g/mol. The van der Waals surface area contributed by atoms with Crippen LogP contribution in [0.1, 0.15) is 0 Å². The van der Waals surface area contributed by atoms with Gasteiger partial charge in [-0.2, -0.15) is 0 Å². The van der Waals surface area contributed by atoms with Crippen molar-refractivity contribution in [3.8, 4) is 11.1 Å². The Morgan fingerprint density at radius 2 is 1.35 bits per heavy atom. The molecule has 2 aromatic carbocycles. The largest absolute Gasteiger partial charge is 0.324 e. The molecule has 0 atom stereocenters. The molecule has 0 aliphatic carbocycles. The fourth-order valence-corrected chi connectivity index (χ4v) is 2.09. The van der Waals surface area contributed by atoms with Crippen LogP contribution in [0.4, 0.5) is 11.6 Å². The average molecular weight is 326 g/mol. The van der Waals surface area contributed by atoms with Crippen LogP contribution < -0.4 is 5.32 Å². The van der Waals surface area contributed by atoms with Crippen molar-refractivity contribution < 1.29 is 0 Å². The Morgan fingerprint density at radius 1 is 0.750 bits per heavy atom. The van der Waals surface area contributed by atoms with E-state index in [-0.39, 0.29) is 0 Å². The third-order valence-electron chi connectivity index (χ3n) is 2.87. The van der Waals surface area contributed by atoms with Crippen molar-refractivity contribution in [1.29, 1.82) is 0 Å². The van der Waals surface area contributed by atoms with Gasteiger partial charge in [0.15, 0.2) is 0 Å². The van der Waals surface area contributed by atoms with Gasteiger partial charge < -0.3 is 5.32 Å². The summed E-state index contributed by atoms with van der Waals surface area (Å²) in [6.45, 7) is 0. The second-order valence-corrected chi connectivity index (χ2v) is 5.21. The molecule has 1 N–H and O–H groups in total. The Bertz CT molecular complexity index is 679. The van der Waals surface area contributed by atoms with Gasteiger partial charge in [-0.05, 0) is 39.2 Å². The third kappa shape index (κ3) is 3.03. The van der Waals surface area contributed by atoms with Gasteiger partial charge in [-0.1, -0.05) is 42.5 Å². The number of benzene rings is 2. The van der Waals surface area contributed by atoms with Crippen LogP contribution in [0.2, 0.25) is 0 Å². The average Bonchev–Trinajstić information content (AvgIpc) is 2.51. The number of aromatic nitrogens is 2. The SMILES string of the molecule is Brc1cnc(Nc2ccc(-c3ccccc3)cc2)nc1. The molecule has 0 aliphatic heterocycles. The first kappa shape index (κ1) is 12.8. The van der Waals surface area contributed by atoms with Crippen molar-refractivity contribution in [2.24, 2.45) is 0 Å². The van der Waals surface area contributed by atoms with Crippen LogP contribution in [0, 0.1) is 0 Å². The molecule has 0 fully saturated rings. The van der Waals surface area contributed by atoms with E-state index in [4.69, 9.17) is 0 Å². The summed E-state index contributed by atoms with van der Waals surface area (Å²) in [6, 6.07) is 18.5. The summed E-state index contributed by atoms with van der Waals surface area (Å²) < 4.78 is 0.863. The molecule has 0 unspecified atom stereocenters. The Hall–Kier alpha value is -2.20. The van der Waals surface area contributed by atoms with Crippen LogP contribution >= 0.6 is 15.9 Å². The summed E-state index contributed by atoms with van der Waals surface area (Å²) in [5, 5.41) is 3.17. The van der Waals surface area contributed by atoms with Crippen molar-refractivity contribution in [1.82, 2.24) is 9.97 Å². The van der Waals surface area contributed by atoms with Gasteiger partial charge in [-0.25, -0.2) is 9.97 Å². The zero-order valence-corrected chi connectivity index (χ0v) is 12.2. The van der Waals surface area contributed by atoms with Crippen molar-refractivity contribution in [2.75, 3.05) is 5.32 Å². The summed E-state index contributed by atoms with van der Waals surface area (Å²) in [5.41, 5.74) is 3.36. The maximum absolute atomic E-state index is 4.19. The van der Waals surface area contributed by atoms with Gasteiger partial charge in [-0.3, -0.25) is 0 Å². The molecule has 3 aromatic rings. The molecule has 3 nitrogen and oxygen atoms in total. The van der Waals surface area contributed by atoms with E-state index in [1.54, 1.807) is 12.4 Å². The van der Waals surface area contributed by atoms with Crippen molar-refractivity contribution in [3.63, 3.8) is 0 Å². The highest BCUT2D eigenvalue weighted by Gasteiger charge is 1.99. The van der Waals surface area contributed by atoms with E-state index in [0.717, 1.165) is 10.2 Å². The van der Waals surface area contributed by atoms with Crippen molar-refractivity contribution in [3.05, 3.63) is 71.5 Å². The minimum atomic E-state index is 0.584. The number of anilines is 2. The zero-order valence-electron chi connectivity index (χ0n) is 10.6. The summed E-state index contributed by atoms with van der Waals surface area (Å²) >= 11 is 3.31. The number of nitrogens with one attached hydrogen (secondary N) is 1. The molecule has 3 rings (SSSR count). The predicted octanol–water partition coefficient (Wildman–Crippen LogP) is 4.65. The Morgan fingerprint density at radius 3 is 2.00 bits per heavy atom. The topological polar surface area (TPSA) is 37.8 Å². The number of halogens is 1. The highest BCUT2D eigenvalue weighted by Crippen LogP contribution is 2.22. The predicted molar refractivity (Wildman–Crippen MR) is 84.9 cm³/mol. The minimum Gasteiger partial charge on any atom is -0.324 e. The Labute approximate surface area is 125 Å². The number of hydrogen-bond donors (Lipinski definition) is 1. The second-order valence-electron chi connectivity index (χ2n) is 4.29. The molecule has 0 saturated heterocycles. The molecule has 4 heteroatoms. The van der Waals surface area contributed by atoms with E-state index >= 15 is 0 Å². The van der Waals surface area contributed by atoms with E-state index < -0.39 is 0 Å². The Balaban J connectivity index is 1.78. The number of nitrogens with zero attached hydrogens (tertiary/aromatic N) is 2. The lowest BCUT2D eigenvalue weighted by molar-refractivity contribution is 1.15. The smallest absolute Gasteiger partial charge is 0.227 e. The lowest BCUT2D eigenvalue weighted by Crippen LogP contribution is -1.95. The quantitative estimate of drug-likeness (QED) is 0.761. The first-order valence-electron chi connectivity index (χ1n) is 6.21.